The maximum Gasteiger partial charge on any atom is 0.220 e. The van der Waals surface area contributed by atoms with E-state index in [9.17, 15) is 18.2 Å². The molecule has 0 N–H and O–H groups in total. The summed E-state index contributed by atoms with van der Waals surface area (Å²) in [4.78, 5) is 22.1. The fourth-order valence-corrected chi connectivity index (χ4v) is 3.54. The van der Waals surface area contributed by atoms with E-state index in [-0.39, 0.29) is 11.1 Å². The second kappa shape index (κ2) is 6.36. The molecule has 0 aromatic heterocycles. The van der Waals surface area contributed by atoms with E-state index in [1.165, 1.54) is 24.3 Å². The highest BCUT2D eigenvalue weighted by Gasteiger charge is 2.38. The van der Waals surface area contributed by atoms with Crippen LogP contribution < -0.4 is 0 Å². The van der Waals surface area contributed by atoms with E-state index >= 15 is 0 Å². The SMILES string of the molecule is O=NC(c1ccccc1)S(=O)(=O)C(N=O)c1ccccc1. The lowest BCUT2D eigenvalue weighted by molar-refractivity contribution is 0.570. The van der Waals surface area contributed by atoms with E-state index in [1.54, 1.807) is 36.4 Å². The van der Waals surface area contributed by atoms with Crippen molar-refractivity contribution >= 4 is 9.84 Å². The van der Waals surface area contributed by atoms with Crippen LogP contribution in [-0.4, -0.2) is 8.42 Å². The van der Waals surface area contributed by atoms with Gasteiger partial charge in [-0.1, -0.05) is 60.7 Å². The second-order valence-corrected chi connectivity index (χ2v) is 6.40. The Morgan fingerprint density at radius 2 is 1.00 bits per heavy atom. The van der Waals surface area contributed by atoms with Gasteiger partial charge in [0.2, 0.25) is 20.6 Å². The van der Waals surface area contributed by atoms with Crippen LogP contribution in [-0.2, 0) is 9.84 Å². The van der Waals surface area contributed by atoms with Crippen LogP contribution in [0.25, 0.3) is 0 Å². The molecule has 0 radical (unpaired) electrons. The van der Waals surface area contributed by atoms with Gasteiger partial charge in [-0.05, 0) is 21.5 Å². The molecule has 0 fully saturated rings. The van der Waals surface area contributed by atoms with Gasteiger partial charge in [0.15, 0.2) is 0 Å². The normalized spacial score (nSPS) is 14.1. The molecule has 0 aliphatic rings. The second-order valence-electron chi connectivity index (χ2n) is 4.33. The van der Waals surface area contributed by atoms with Gasteiger partial charge in [0.05, 0.1) is 0 Å². The Kier molecular flexibility index (Phi) is 4.54. The molecule has 2 aromatic rings. The van der Waals surface area contributed by atoms with E-state index in [0.29, 0.717) is 0 Å². The lowest BCUT2D eigenvalue weighted by Crippen LogP contribution is -2.18. The average Bonchev–Trinajstić information content (AvgIpc) is 2.50. The van der Waals surface area contributed by atoms with E-state index < -0.39 is 20.6 Å². The van der Waals surface area contributed by atoms with Crippen molar-refractivity contribution in [2.75, 3.05) is 0 Å². The number of sulfone groups is 1. The number of rotatable bonds is 6. The Hall–Kier alpha value is -2.41. The topological polar surface area (TPSA) is 93.0 Å². The third-order valence-electron chi connectivity index (χ3n) is 2.98. The third-order valence-corrected chi connectivity index (χ3v) is 4.94. The van der Waals surface area contributed by atoms with Crippen molar-refractivity contribution in [3.8, 4) is 0 Å². The lowest BCUT2D eigenvalue weighted by atomic mass is 10.2. The zero-order valence-electron chi connectivity index (χ0n) is 10.9. The van der Waals surface area contributed by atoms with Crippen molar-refractivity contribution in [1.82, 2.24) is 0 Å². The maximum atomic E-state index is 12.5. The van der Waals surface area contributed by atoms with Crippen LogP contribution in [0.5, 0.6) is 0 Å². The predicted octanol–water partition coefficient (Wildman–Crippen LogP) is 3.33. The van der Waals surface area contributed by atoms with Crippen molar-refractivity contribution in [3.05, 3.63) is 81.6 Å². The van der Waals surface area contributed by atoms with Crippen molar-refractivity contribution in [2.24, 2.45) is 10.4 Å². The van der Waals surface area contributed by atoms with Gasteiger partial charge in [0.1, 0.15) is 0 Å². The van der Waals surface area contributed by atoms with Crippen LogP contribution in [0.1, 0.15) is 21.9 Å². The Morgan fingerprint density at radius 1 is 0.667 bits per heavy atom. The number of hydrogen-bond acceptors (Lipinski definition) is 6. The largest absolute Gasteiger partial charge is 0.223 e. The first-order valence-corrected chi connectivity index (χ1v) is 7.69. The molecule has 2 unspecified atom stereocenters. The summed E-state index contributed by atoms with van der Waals surface area (Å²) in [6.45, 7) is 0. The monoisotopic (exact) mass is 304 g/mol. The van der Waals surface area contributed by atoms with Crippen molar-refractivity contribution in [1.29, 1.82) is 0 Å². The first-order chi connectivity index (χ1) is 10.1. The molecule has 0 saturated heterocycles. The quantitative estimate of drug-likeness (QED) is 0.765. The Morgan fingerprint density at radius 3 is 1.29 bits per heavy atom. The third kappa shape index (κ3) is 3.03. The Balaban J connectivity index is 2.48. The molecule has 0 bridgehead atoms. The molecule has 7 heteroatoms. The van der Waals surface area contributed by atoms with Gasteiger partial charge in [-0.25, -0.2) is 8.42 Å². The number of hydrogen-bond donors (Lipinski definition) is 0. The molecule has 0 saturated carbocycles. The van der Waals surface area contributed by atoms with E-state index in [1.807, 2.05) is 0 Å². The van der Waals surface area contributed by atoms with Crippen LogP contribution in [0, 0.1) is 9.81 Å². The van der Waals surface area contributed by atoms with Crippen molar-refractivity contribution < 1.29 is 8.42 Å². The summed E-state index contributed by atoms with van der Waals surface area (Å²) in [5.74, 6) is 0. The smallest absolute Gasteiger partial charge is 0.220 e. The highest BCUT2D eigenvalue weighted by molar-refractivity contribution is 7.91. The summed E-state index contributed by atoms with van der Waals surface area (Å²) in [5.41, 5.74) is 0.411. The molecule has 0 aliphatic carbocycles. The van der Waals surface area contributed by atoms with Crippen LogP contribution in [0.2, 0.25) is 0 Å². The molecule has 2 rings (SSSR count). The van der Waals surface area contributed by atoms with Gasteiger partial charge >= 0.3 is 0 Å². The highest BCUT2D eigenvalue weighted by Crippen LogP contribution is 2.35. The first kappa shape index (κ1) is 15.0. The number of benzene rings is 2. The van der Waals surface area contributed by atoms with Crippen LogP contribution in [0.3, 0.4) is 0 Å². The summed E-state index contributed by atoms with van der Waals surface area (Å²) < 4.78 is 25.0. The molecule has 2 aromatic carbocycles. The fourth-order valence-electron chi connectivity index (χ4n) is 1.98. The van der Waals surface area contributed by atoms with Gasteiger partial charge < -0.3 is 0 Å². The minimum Gasteiger partial charge on any atom is -0.223 e. The Labute approximate surface area is 121 Å². The van der Waals surface area contributed by atoms with Crippen LogP contribution >= 0.6 is 0 Å². The minimum atomic E-state index is -4.23. The molecular formula is C14H12N2O4S. The van der Waals surface area contributed by atoms with E-state index in [4.69, 9.17) is 0 Å². The van der Waals surface area contributed by atoms with Gasteiger partial charge in [0, 0.05) is 0 Å². The minimum absolute atomic E-state index is 0.206. The number of nitroso groups, excluding NO2 is 2. The molecule has 6 nitrogen and oxygen atoms in total. The highest BCUT2D eigenvalue weighted by atomic mass is 32.2. The lowest BCUT2D eigenvalue weighted by Gasteiger charge is -2.15. The first-order valence-electron chi connectivity index (χ1n) is 6.09. The molecular weight excluding hydrogens is 292 g/mol. The average molecular weight is 304 g/mol. The standard InChI is InChI=1S/C14H12N2O4S/c17-15-13(11-7-3-1-4-8-11)21(19,20)14(16-18)12-9-5-2-6-10-12/h1-10,13-14H. The summed E-state index contributed by atoms with van der Waals surface area (Å²) in [6, 6.07) is 15.6. The van der Waals surface area contributed by atoms with Gasteiger partial charge in [-0.15, -0.1) is 9.81 Å². The van der Waals surface area contributed by atoms with Crippen molar-refractivity contribution in [3.63, 3.8) is 0 Å². The molecule has 0 heterocycles. The molecule has 2 atom stereocenters. The Bertz CT molecular complexity index is 660. The van der Waals surface area contributed by atoms with E-state index in [0.717, 1.165) is 0 Å². The number of nitrogens with zero attached hydrogens (tertiary/aromatic N) is 2. The summed E-state index contributed by atoms with van der Waals surface area (Å²) in [7, 11) is -4.23. The van der Waals surface area contributed by atoms with Crippen LogP contribution in [0.4, 0.5) is 0 Å². The van der Waals surface area contributed by atoms with Crippen LogP contribution in [0.15, 0.2) is 71.0 Å². The zero-order valence-corrected chi connectivity index (χ0v) is 11.7. The van der Waals surface area contributed by atoms with E-state index in [2.05, 4.69) is 10.4 Å². The predicted molar refractivity (Wildman–Crippen MR) is 78.9 cm³/mol. The summed E-state index contributed by atoms with van der Waals surface area (Å²) >= 11 is 0. The molecule has 0 spiro atoms. The molecule has 21 heavy (non-hydrogen) atoms. The van der Waals surface area contributed by atoms with Gasteiger partial charge in [0.25, 0.3) is 0 Å². The maximum absolute atomic E-state index is 12.5. The molecule has 0 amide bonds. The van der Waals surface area contributed by atoms with Gasteiger partial charge in [-0.3, -0.25) is 0 Å². The molecule has 0 aliphatic heterocycles. The fraction of sp³-hybridized carbons (Fsp3) is 0.143. The zero-order chi connectivity index (χ0) is 15.3. The summed E-state index contributed by atoms with van der Waals surface area (Å²) in [5, 5.41) is 2.04. The van der Waals surface area contributed by atoms with Crippen molar-refractivity contribution in [2.45, 2.75) is 10.7 Å². The van der Waals surface area contributed by atoms with Gasteiger partial charge in [-0.2, -0.15) is 0 Å². The molecule has 108 valence electrons. The summed E-state index contributed by atoms with van der Waals surface area (Å²) in [6.07, 6.45) is 0.